The van der Waals surface area contributed by atoms with Crippen LogP contribution in [0.15, 0.2) is 35.6 Å². The van der Waals surface area contributed by atoms with E-state index < -0.39 is 0 Å². The van der Waals surface area contributed by atoms with Gasteiger partial charge in [-0.3, -0.25) is 4.79 Å². The Bertz CT molecular complexity index is 1040. The fraction of sp³-hybridized carbons (Fsp3) is 0.455. The molecular weight excluding hydrogens is 412 g/mol. The summed E-state index contributed by atoms with van der Waals surface area (Å²) in [7, 11) is 0. The summed E-state index contributed by atoms with van der Waals surface area (Å²) in [5, 5.41) is 9.19. The fourth-order valence-corrected chi connectivity index (χ4v) is 4.04. The van der Waals surface area contributed by atoms with Crippen LogP contribution in [0.3, 0.4) is 0 Å². The highest BCUT2D eigenvalue weighted by atomic mass is 32.2. The first-order valence-corrected chi connectivity index (χ1v) is 11.8. The molecular formula is C22H28N6O2S. The van der Waals surface area contributed by atoms with E-state index in [1.165, 1.54) is 24.6 Å². The van der Waals surface area contributed by atoms with E-state index in [1.54, 1.807) is 12.1 Å². The van der Waals surface area contributed by atoms with Crippen LogP contribution in [0.25, 0.3) is 11.0 Å². The molecule has 1 aliphatic heterocycles. The van der Waals surface area contributed by atoms with Gasteiger partial charge >= 0.3 is 0 Å². The number of nitrogens with one attached hydrogen (secondary N) is 1. The highest BCUT2D eigenvalue weighted by Crippen LogP contribution is 2.28. The van der Waals surface area contributed by atoms with Crippen LogP contribution in [-0.2, 0) is 6.54 Å². The molecule has 4 rings (SSSR count). The molecule has 1 amide bonds. The Morgan fingerprint density at radius 1 is 1.19 bits per heavy atom. The second-order valence-corrected chi connectivity index (χ2v) is 8.55. The van der Waals surface area contributed by atoms with Gasteiger partial charge in [0.25, 0.3) is 5.91 Å². The second kappa shape index (κ2) is 9.55. The molecule has 0 radical (unpaired) electrons. The molecule has 0 bridgehead atoms. The second-order valence-electron chi connectivity index (χ2n) is 7.78. The number of thioether (sulfide) groups is 1. The van der Waals surface area contributed by atoms with Crippen molar-refractivity contribution in [2.24, 2.45) is 0 Å². The molecule has 0 atom stereocenters. The first-order chi connectivity index (χ1) is 15.0. The zero-order valence-corrected chi connectivity index (χ0v) is 19.0. The predicted molar refractivity (Wildman–Crippen MR) is 123 cm³/mol. The number of anilines is 1. The number of fused-ring (bicyclic) bond motifs is 1. The van der Waals surface area contributed by atoms with Gasteiger partial charge in [-0.1, -0.05) is 11.8 Å². The molecule has 0 spiro atoms. The van der Waals surface area contributed by atoms with Crippen LogP contribution in [-0.4, -0.2) is 57.6 Å². The molecule has 0 aliphatic carbocycles. The Morgan fingerprint density at radius 2 is 1.94 bits per heavy atom. The van der Waals surface area contributed by atoms with Crippen molar-refractivity contribution in [2.75, 3.05) is 30.8 Å². The van der Waals surface area contributed by atoms with E-state index in [9.17, 15) is 4.79 Å². The molecule has 1 aliphatic rings. The lowest BCUT2D eigenvalue weighted by atomic mass is 10.2. The average Bonchev–Trinajstić information content (AvgIpc) is 3.43. The molecule has 3 aromatic rings. The maximum absolute atomic E-state index is 12.5. The summed E-state index contributed by atoms with van der Waals surface area (Å²) >= 11 is 1.53. The monoisotopic (exact) mass is 440 g/mol. The van der Waals surface area contributed by atoms with Gasteiger partial charge < -0.3 is 15.0 Å². The van der Waals surface area contributed by atoms with Gasteiger partial charge in [-0.2, -0.15) is 5.10 Å². The van der Waals surface area contributed by atoms with Gasteiger partial charge in [0.15, 0.2) is 10.8 Å². The van der Waals surface area contributed by atoms with Crippen LogP contribution >= 0.6 is 11.8 Å². The third-order valence-corrected chi connectivity index (χ3v) is 5.69. The number of benzene rings is 1. The van der Waals surface area contributed by atoms with Gasteiger partial charge in [0.1, 0.15) is 11.6 Å². The van der Waals surface area contributed by atoms with Crippen molar-refractivity contribution in [1.29, 1.82) is 0 Å². The quantitative estimate of drug-likeness (QED) is 0.425. The lowest BCUT2D eigenvalue weighted by molar-refractivity contribution is 0.0952. The number of carbonyl (C=O) groups excluding carboxylic acids is 1. The largest absolute Gasteiger partial charge is 0.491 e. The summed E-state index contributed by atoms with van der Waals surface area (Å²) in [5.41, 5.74) is 1.41. The minimum Gasteiger partial charge on any atom is -0.491 e. The van der Waals surface area contributed by atoms with Crippen molar-refractivity contribution < 1.29 is 9.53 Å². The van der Waals surface area contributed by atoms with E-state index in [1.807, 2.05) is 43.1 Å². The van der Waals surface area contributed by atoms with E-state index in [-0.39, 0.29) is 12.0 Å². The molecule has 1 N–H and O–H groups in total. The molecule has 0 saturated carbocycles. The third kappa shape index (κ3) is 4.92. The number of aromatic nitrogens is 4. The van der Waals surface area contributed by atoms with Crippen LogP contribution in [0.1, 0.15) is 37.0 Å². The van der Waals surface area contributed by atoms with Gasteiger partial charge in [-0.05, 0) is 57.2 Å². The fourth-order valence-electron chi connectivity index (χ4n) is 3.68. The Labute approximate surface area is 186 Å². The molecule has 2 aromatic heterocycles. The molecule has 8 nitrogen and oxygen atoms in total. The van der Waals surface area contributed by atoms with E-state index in [4.69, 9.17) is 9.72 Å². The average molecular weight is 441 g/mol. The number of amides is 1. The van der Waals surface area contributed by atoms with Gasteiger partial charge in [0, 0.05) is 25.2 Å². The Balaban J connectivity index is 1.43. The van der Waals surface area contributed by atoms with Gasteiger partial charge in [-0.25, -0.2) is 14.6 Å². The highest BCUT2D eigenvalue weighted by molar-refractivity contribution is 7.98. The molecule has 0 unspecified atom stereocenters. The Morgan fingerprint density at radius 3 is 2.61 bits per heavy atom. The zero-order chi connectivity index (χ0) is 21.8. The number of ether oxygens (including phenoxy) is 1. The molecule has 1 saturated heterocycles. The third-order valence-electron chi connectivity index (χ3n) is 5.14. The molecule has 31 heavy (non-hydrogen) atoms. The number of hydrogen-bond donors (Lipinski definition) is 1. The van der Waals surface area contributed by atoms with Crippen LogP contribution in [0, 0.1) is 0 Å². The standard InChI is InChI=1S/C22H28N6O2S/c1-15(2)30-17-8-6-16(7-9-17)21(29)23-10-13-28-20-18(14-24-28)19(25-22(26-20)31-3)27-11-4-5-12-27/h6-9,14-15H,4-5,10-13H2,1-3H3,(H,23,29). The van der Waals surface area contributed by atoms with Crippen molar-refractivity contribution in [3.63, 3.8) is 0 Å². The first kappa shape index (κ1) is 21.4. The minimum absolute atomic E-state index is 0.102. The van der Waals surface area contributed by atoms with Gasteiger partial charge in [0.05, 0.1) is 24.2 Å². The van der Waals surface area contributed by atoms with Crippen molar-refractivity contribution in [3.05, 3.63) is 36.0 Å². The highest BCUT2D eigenvalue weighted by Gasteiger charge is 2.20. The molecule has 9 heteroatoms. The van der Waals surface area contributed by atoms with Crippen LogP contribution in [0.2, 0.25) is 0 Å². The summed E-state index contributed by atoms with van der Waals surface area (Å²) < 4.78 is 7.47. The molecule has 164 valence electrons. The van der Waals surface area contributed by atoms with Crippen LogP contribution in [0.5, 0.6) is 5.75 Å². The smallest absolute Gasteiger partial charge is 0.251 e. The van der Waals surface area contributed by atoms with Crippen LogP contribution < -0.4 is 15.0 Å². The topological polar surface area (TPSA) is 85.2 Å². The SMILES string of the molecule is CSc1nc(N2CCCC2)c2cnn(CCNC(=O)c3ccc(OC(C)C)cc3)c2n1. The lowest BCUT2D eigenvalue weighted by Gasteiger charge is -2.17. The number of rotatable bonds is 8. The van der Waals surface area contributed by atoms with Crippen molar-refractivity contribution in [3.8, 4) is 5.75 Å². The van der Waals surface area contributed by atoms with Crippen LogP contribution in [0.4, 0.5) is 5.82 Å². The predicted octanol–water partition coefficient (Wildman–Crippen LogP) is 3.37. The van der Waals surface area contributed by atoms with Gasteiger partial charge in [-0.15, -0.1) is 0 Å². The van der Waals surface area contributed by atoms with E-state index in [0.717, 1.165) is 40.8 Å². The Kier molecular flexibility index (Phi) is 6.60. The maximum Gasteiger partial charge on any atom is 0.251 e. The summed E-state index contributed by atoms with van der Waals surface area (Å²) in [6.07, 6.45) is 6.29. The summed E-state index contributed by atoms with van der Waals surface area (Å²) in [6, 6.07) is 7.18. The molecule has 1 fully saturated rings. The number of carbonyl (C=O) groups is 1. The number of hydrogen-bond acceptors (Lipinski definition) is 7. The summed E-state index contributed by atoms with van der Waals surface area (Å²) in [5.74, 6) is 1.60. The first-order valence-electron chi connectivity index (χ1n) is 10.6. The molecule has 3 heterocycles. The van der Waals surface area contributed by atoms with Gasteiger partial charge in [0.2, 0.25) is 0 Å². The molecule has 1 aromatic carbocycles. The lowest BCUT2D eigenvalue weighted by Crippen LogP contribution is -2.27. The van der Waals surface area contributed by atoms with Crippen molar-refractivity contribution >= 4 is 34.5 Å². The van der Waals surface area contributed by atoms with E-state index in [0.29, 0.717) is 18.7 Å². The zero-order valence-electron chi connectivity index (χ0n) is 18.2. The maximum atomic E-state index is 12.5. The number of nitrogens with zero attached hydrogens (tertiary/aromatic N) is 5. The van der Waals surface area contributed by atoms with E-state index >= 15 is 0 Å². The van der Waals surface area contributed by atoms with Crippen molar-refractivity contribution in [2.45, 2.75) is 44.5 Å². The summed E-state index contributed by atoms with van der Waals surface area (Å²) in [4.78, 5) is 24.2. The Hall–Kier alpha value is -2.81. The van der Waals surface area contributed by atoms with Crippen molar-refractivity contribution in [1.82, 2.24) is 25.1 Å². The minimum atomic E-state index is -0.121. The summed E-state index contributed by atoms with van der Waals surface area (Å²) in [6.45, 7) is 6.97. The normalized spacial score (nSPS) is 13.9. The van der Waals surface area contributed by atoms with E-state index in [2.05, 4.69) is 20.3 Å².